The van der Waals surface area contributed by atoms with Crippen molar-refractivity contribution in [3.05, 3.63) is 28.8 Å². The van der Waals surface area contributed by atoms with Crippen molar-refractivity contribution in [3.63, 3.8) is 0 Å². The average molecular weight is 243 g/mol. The number of nitriles is 1. The summed E-state index contributed by atoms with van der Waals surface area (Å²) in [6.07, 6.45) is 3.71. The first-order chi connectivity index (χ1) is 8.36. The lowest BCUT2D eigenvalue weighted by molar-refractivity contribution is 0.411. The molecule has 3 rings (SSSR count). The third-order valence-corrected chi connectivity index (χ3v) is 4.29. The van der Waals surface area contributed by atoms with Gasteiger partial charge in [-0.05, 0) is 37.6 Å². The van der Waals surface area contributed by atoms with Crippen molar-refractivity contribution in [1.82, 2.24) is 10.3 Å². The predicted molar refractivity (Wildman–Crippen MR) is 68.9 cm³/mol. The quantitative estimate of drug-likeness (QED) is 0.837. The molecular formula is C13H13N3S. The van der Waals surface area contributed by atoms with Gasteiger partial charge in [-0.15, -0.1) is 11.3 Å². The molecule has 0 bridgehead atoms. The molecule has 1 aromatic heterocycles. The second-order valence-corrected chi connectivity index (χ2v) is 5.41. The number of thiazole rings is 1. The number of hydrogen-bond acceptors (Lipinski definition) is 4. The van der Waals surface area contributed by atoms with Gasteiger partial charge in [-0.2, -0.15) is 5.26 Å². The minimum Gasteiger partial charge on any atom is -0.308 e. The lowest BCUT2D eigenvalue weighted by Gasteiger charge is -2.20. The highest BCUT2D eigenvalue weighted by Crippen LogP contribution is 2.30. The minimum atomic E-state index is 0.409. The monoisotopic (exact) mass is 243 g/mol. The number of nitrogens with one attached hydrogen (secondary N) is 1. The van der Waals surface area contributed by atoms with Gasteiger partial charge in [0.15, 0.2) is 0 Å². The molecule has 1 aliphatic heterocycles. The molecule has 0 amide bonds. The average Bonchev–Trinajstić information content (AvgIpc) is 2.82. The summed E-state index contributed by atoms with van der Waals surface area (Å²) in [5.41, 5.74) is 1.64. The van der Waals surface area contributed by atoms with Gasteiger partial charge < -0.3 is 5.32 Å². The van der Waals surface area contributed by atoms with Crippen LogP contribution >= 0.6 is 11.3 Å². The molecule has 1 fully saturated rings. The molecule has 0 saturated carbocycles. The number of piperidine rings is 1. The Morgan fingerprint density at radius 1 is 1.41 bits per heavy atom. The first kappa shape index (κ1) is 10.7. The first-order valence-corrected chi connectivity index (χ1v) is 6.72. The highest BCUT2D eigenvalue weighted by atomic mass is 32.1. The van der Waals surface area contributed by atoms with Crippen LogP contribution in [0.25, 0.3) is 10.2 Å². The molecule has 2 heterocycles. The van der Waals surface area contributed by atoms with Crippen LogP contribution in [-0.2, 0) is 0 Å². The second-order valence-electron chi connectivity index (χ2n) is 4.35. The molecule has 1 aliphatic rings. The Morgan fingerprint density at radius 2 is 2.35 bits per heavy atom. The van der Waals surface area contributed by atoms with E-state index in [2.05, 4.69) is 16.4 Å². The van der Waals surface area contributed by atoms with Crippen LogP contribution in [0.5, 0.6) is 0 Å². The molecule has 1 atom stereocenters. The summed E-state index contributed by atoms with van der Waals surface area (Å²) in [7, 11) is 0. The van der Waals surface area contributed by atoms with Gasteiger partial charge in [-0.25, -0.2) is 4.98 Å². The Labute approximate surface area is 104 Å². The third-order valence-electron chi connectivity index (χ3n) is 3.14. The van der Waals surface area contributed by atoms with Crippen molar-refractivity contribution in [2.24, 2.45) is 0 Å². The highest BCUT2D eigenvalue weighted by molar-refractivity contribution is 7.18. The largest absolute Gasteiger partial charge is 0.308 e. The van der Waals surface area contributed by atoms with E-state index in [9.17, 15) is 0 Å². The summed E-state index contributed by atoms with van der Waals surface area (Å²) in [6.45, 7) is 1.09. The van der Waals surface area contributed by atoms with Gasteiger partial charge in [-0.1, -0.05) is 6.42 Å². The van der Waals surface area contributed by atoms with Crippen molar-refractivity contribution < 1.29 is 0 Å². The van der Waals surface area contributed by atoms with E-state index in [0.717, 1.165) is 17.1 Å². The van der Waals surface area contributed by atoms with E-state index in [1.165, 1.54) is 24.0 Å². The summed E-state index contributed by atoms with van der Waals surface area (Å²) < 4.78 is 1.17. The molecule has 0 aliphatic carbocycles. The number of rotatable bonds is 1. The number of fused-ring (bicyclic) bond motifs is 1. The Balaban J connectivity index is 1.98. The maximum Gasteiger partial charge on any atom is 0.111 e. The molecule has 1 N–H and O–H groups in total. The lowest BCUT2D eigenvalue weighted by Crippen LogP contribution is -2.26. The Morgan fingerprint density at radius 3 is 3.12 bits per heavy atom. The van der Waals surface area contributed by atoms with Crippen LogP contribution in [0, 0.1) is 11.3 Å². The van der Waals surface area contributed by atoms with Crippen LogP contribution in [0.1, 0.15) is 35.9 Å². The second kappa shape index (κ2) is 4.44. The Bertz CT molecular complexity index is 576. The van der Waals surface area contributed by atoms with Crippen molar-refractivity contribution in [2.45, 2.75) is 25.3 Å². The van der Waals surface area contributed by atoms with Crippen molar-refractivity contribution in [2.75, 3.05) is 6.54 Å². The van der Waals surface area contributed by atoms with E-state index in [4.69, 9.17) is 5.26 Å². The van der Waals surface area contributed by atoms with Crippen LogP contribution in [0.4, 0.5) is 0 Å². The smallest absolute Gasteiger partial charge is 0.111 e. The zero-order valence-electron chi connectivity index (χ0n) is 9.44. The van der Waals surface area contributed by atoms with E-state index >= 15 is 0 Å². The van der Waals surface area contributed by atoms with Gasteiger partial charge in [0, 0.05) is 0 Å². The van der Waals surface area contributed by atoms with E-state index in [0.29, 0.717) is 11.6 Å². The van der Waals surface area contributed by atoms with E-state index in [1.54, 1.807) is 11.3 Å². The molecule has 3 nitrogen and oxygen atoms in total. The number of nitrogens with zero attached hydrogens (tertiary/aromatic N) is 2. The highest BCUT2D eigenvalue weighted by Gasteiger charge is 2.18. The predicted octanol–water partition coefficient (Wildman–Crippen LogP) is 2.98. The lowest BCUT2D eigenvalue weighted by atomic mass is 10.1. The maximum atomic E-state index is 8.87. The van der Waals surface area contributed by atoms with Crippen LogP contribution in [0.15, 0.2) is 18.2 Å². The standard InChI is InChI=1S/C13H13N3S/c14-8-9-4-5-12-11(7-9)16-13(17-12)10-3-1-2-6-15-10/h4-5,7,10,15H,1-3,6H2. The molecule has 17 heavy (non-hydrogen) atoms. The number of aromatic nitrogens is 1. The van der Waals surface area contributed by atoms with Crippen LogP contribution in [0.3, 0.4) is 0 Å². The summed E-state index contributed by atoms with van der Waals surface area (Å²) in [6, 6.07) is 8.30. The van der Waals surface area contributed by atoms with E-state index in [1.807, 2.05) is 18.2 Å². The molecule has 2 aromatic rings. The van der Waals surface area contributed by atoms with E-state index < -0.39 is 0 Å². The molecule has 1 unspecified atom stereocenters. The molecule has 4 heteroatoms. The maximum absolute atomic E-state index is 8.87. The molecule has 1 saturated heterocycles. The fourth-order valence-electron chi connectivity index (χ4n) is 2.23. The van der Waals surface area contributed by atoms with Gasteiger partial charge in [0.1, 0.15) is 5.01 Å². The summed E-state index contributed by atoms with van der Waals surface area (Å²) in [5.74, 6) is 0. The van der Waals surface area contributed by atoms with Crippen LogP contribution < -0.4 is 5.32 Å². The van der Waals surface area contributed by atoms with Crippen LogP contribution in [-0.4, -0.2) is 11.5 Å². The van der Waals surface area contributed by atoms with Gasteiger partial charge in [-0.3, -0.25) is 0 Å². The van der Waals surface area contributed by atoms with Crippen molar-refractivity contribution in [3.8, 4) is 6.07 Å². The van der Waals surface area contributed by atoms with Crippen molar-refractivity contribution in [1.29, 1.82) is 5.26 Å². The molecular weight excluding hydrogens is 230 g/mol. The SMILES string of the molecule is N#Cc1ccc2sc(C3CCCCN3)nc2c1. The van der Waals surface area contributed by atoms with Gasteiger partial charge in [0.05, 0.1) is 27.9 Å². The summed E-state index contributed by atoms with van der Waals surface area (Å²) >= 11 is 1.74. The summed E-state index contributed by atoms with van der Waals surface area (Å²) in [5, 5.41) is 13.5. The normalized spacial score (nSPS) is 20.3. The Kier molecular flexibility index (Phi) is 2.79. The fraction of sp³-hybridized carbons (Fsp3) is 0.385. The topological polar surface area (TPSA) is 48.7 Å². The third kappa shape index (κ3) is 2.04. The minimum absolute atomic E-state index is 0.409. The number of hydrogen-bond donors (Lipinski definition) is 1. The van der Waals surface area contributed by atoms with E-state index in [-0.39, 0.29) is 0 Å². The fourth-order valence-corrected chi connectivity index (χ4v) is 3.28. The van der Waals surface area contributed by atoms with Gasteiger partial charge >= 0.3 is 0 Å². The summed E-state index contributed by atoms with van der Waals surface area (Å²) in [4.78, 5) is 4.65. The molecule has 0 radical (unpaired) electrons. The molecule has 1 aromatic carbocycles. The molecule has 86 valence electrons. The molecule has 0 spiro atoms. The van der Waals surface area contributed by atoms with Crippen molar-refractivity contribution >= 4 is 21.6 Å². The van der Waals surface area contributed by atoms with Crippen LogP contribution in [0.2, 0.25) is 0 Å². The zero-order chi connectivity index (χ0) is 11.7. The van der Waals surface area contributed by atoms with Gasteiger partial charge in [0.2, 0.25) is 0 Å². The first-order valence-electron chi connectivity index (χ1n) is 5.91. The Hall–Kier alpha value is -1.44. The zero-order valence-corrected chi connectivity index (χ0v) is 10.3. The number of benzene rings is 1. The van der Waals surface area contributed by atoms with Gasteiger partial charge in [0.25, 0.3) is 0 Å².